The summed E-state index contributed by atoms with van der Waals surface area (Å²) in [5.41, 5.74) is 5.75. The molecule has 1 atom stereocenters. The number of nitrogens with one attached hydrogen (secondary N) is 1. The zero-order valence-corrected chi connectivity index (χ0v) is 17.6. The van der Waals surface area contributed by atoms with Crippen molar-refractivity contribution < 1.29 is 9.57 Å². The second kappa shape index (κ2) is 9.76. The second-order valence-electron chi connectivity index (χ2n) is 8.27. The van der Waals surface area contributed by atoms with Crippen molar-refractivity contribution in [1.82, 2.24) is 15.3 Å². The highest BCUT2D eigenvalue weighted by Crippen LogP contribution is 2.42. The van der Waals surface area contributed by atoms with Crippen LogP contribution in [0.1, 0.15) is 63.1 Å². The Kier molecular flexibility index (Phi) is 7.39. The van der Waals surface area contributed by atoms with E-state index in [-0.39, 0.29) is 0 Å². The van der Waals surface area contributed by atoms with E-state index in [1.165, 1.54) is 44.5 Å². The van der Waals surface area contributed by atoms with Crippen LogP contribution in [0, 0.1) is 5.92 Å². The number of hydrogen-bond donors (Lipinski definition) is 1. The Hall–Kier alpha value is -1.30. The minimum atomic E-state index is 0.297. The highest BCUT2D eigenvalue weighted by molar-refractivity contribution is 5.52. The van der Waals surface area contributed by atoms with Crippen molar-refractivity contribution in [3.63, 3.8) is 0 Å². The summed E-state index contributed by atoms with van der Waals surface area (Å²) < 4.78 is 5.98. The number of rotatable bonds is 9. The average Bonchev–Trinajstić information content (AvgIpc) is 3.09. The van der Waals surface area contributed by atoms with Gasteiger partial charge >= 0.3 is 0 Å². The third kappa shape index (κ3) is 5.15. The maximum atomic E-state index is 5.98. The van der Waals surface area contributed by atoms with Crippen molar-refractivity contribution in [2.24, 2.45) is 5.92 Å². The fourth-order valence-corrected chi connectivity index (χ4v) is 4.24. The number of ether oxygens (including phenoxy) is 1. The van der Waals surface area contributed by atoms with E-state index in [1.807, 2.05) is 0 Å². The van der Waals surface area contributed by atoms with E-state index < -0.39 is 0 Å². The molecule has 152 valence electrons. The number of nitrogens with zero attached hydrogens (tertiary/aromatic N) is 2. The summed E-state index contributed by atoms with van der Waals surface area (Å²) in [5, 5.41) is 0. The van der Waals surface area contributed by atoms with Crippen LogP contribution < -0.4 is 15.1 Å². The molecule has 0 amide bonds. The molecule has 0 radical (unpaired) electrons. The monoisotopic (exact) mass is 375 g/mol. The molecule has 27 heavy (non-hydrogen) atoms. The van der Waals surface area contributed by atoms with E-state index in [9.17, 15) is 0 Å². The lowest BCUT2D eigenvalue weighted by molar-refractivity contribution is 0.161. The van der Waals surface area contributed by atoms with Gasteiger partial charge in [0.05, 0.1) is 18.2 Å². The van der Waals surface area contributed by atoms with E-state index in [2.05, 4.69) is 55.4 Å². The number of fused-ring (bicyclic) bond motifs is 1. The van der Waals surface area contributed by atoms with Crippen molar-refractivity contribution in [1.29, 1.82) is 0 Å². The van der Waals surface area contributed by atoms with E-state index >= 15 is 0 Å². The van der Waals surface area contributed by atoms with E-state index in [0.29, 0.717) is 6.04 Å². The lowest BCUT2D eigenvalue weighted by atomic mass is 9.89. The Labute approximate surface area is 165 Å². The van der Waals surface area contributed by atoms with Crippen LogP contribution in [0.25, 0.3) is 0 Å². The Morgan fingerprint density at radius 1 is 1.19 bits per heavy atom. The highest BCUT2D eigenvalue weighted by atomic mass is 16.7. The first-order chi connectivity index (χ1) is 13.1. The molecule has 5 heteroatoms. The van der Waals surface area contributed by atoms with Crippen LogP contribution in [0.4, 0.5) is 0 Å². The largest absolute Gasteiger partial charge is 0.493 e. The van der Waals surface area contributed by atoms with Crippen LogP contribution in [-0.4, -0.2) is 50.1 Å². The fourth-order valence-electron chi connectivity index (χ4n) is 4.24. The van der Waals surface area contributed by atoms with Crippen LogP contribution in [0.5, 0.6) is 11.5 Å². The zero-order valence-electron chi connectivity index (χ0n) is 17.6. The first-order valence-corrected chi connectivity index (χ1v) is 10.7. The maximum Gasteiger partial charge on any atom is 0.160 e. The molecule has 2 aliphatic rings. The average molecular weight is 376 g/mol. The molecule has 1 N–H and O–H groups in total. The topological polar surface area (TPSA) is 37.0 Å². The van der Waals surface area contributed by atoms with E-state index in [4.69, 9.17) is 9.57 Å². The number of hydroxylamine groups is 1. The number of likely N-dealkylation sites (tertiary alicyclic amines) is 1. The zero-order chi connectivity index (χ0) is 19.2. The summed E-state index contributed by atoms with van der Waals surface area (Å²) in [6, 6.07) is 4.63. The van der Waals surface area contributed by atoms with E-state index in [1.54, 1.807) is 0 Å². The smallest absolute Gasteiger partial charge is 0.160 e. The van der Waals surface area contributed by atoms with Gasteiger partial charge in [0.1, 0.15) is 5.75 Å². The van der Waals surface area contributed by atoms with Crippen LogP contribution in [0.15, 0.2) is 12.1 Å². The van der Waals surface area contributed by atoms with Gasteiger partial charge in [-0.05, 0) is 83.9 Å². The molecule has 1 aromatic rings. The molecule has 0 aromatic heterocycles. The third-order valence-electron chi connectivity index (χ3n) is 5.88. The molecule has 0 spiro atoms. The van der Waals surface area contributed by atoms with Crippen molar-refractivity contribution in [2.45, 2.75) is 58.5 Å². The van der Waals surface area contributed by atoms with Gasteiger partial charge in [-0.25, -0.2) is 0 Å². The third-order valence-corrected chi connectivity index (χ3v) is 5.88. The van der Waals surface area contributed by atoms with Crippen molar-refractivity contribution in [3.05, 3.63) is 23.3 Å². The van der Waals surface area contributed by atoms with Crippen molar-refractivity contribution in [2.75, 3.05) is 40.3 Å². The van der Waals surface area contributed by atoms with Crippen LogP contribution in [0.2, 0.25) is 0 Å². The van der Waals surface area contributed by atoms with Gasteiger partial charge in [-0.15, -0.1) is 5.48 Å². The Morgan fingerprint density at radius 2 is 1.96 bits per heavy atom. The maximum absolute atomic E-state index is 5.98. The summed E-state index contributed by atoms with van der Waals surface area (Å²) in [4.78, 5) is 10.7. The molecule has 2 aliphatic heterocycles. The first-order valence-electron chi connectivity index (χ1n) is 10.7. The second-order valence-corrected chi connectivity index (χ2v) is 8.27. The van der Waals surface area contributed by atoms with E-state index in [0.717, 1.165) is 49.0 Å². The molecule has 1 fully saturated rings. The SMILES string of the molecule is CCCOc1ccc2c(c1CN(C)C)ONC2CCC1CCN(CC)CC1. The quantitative estimate of drug-likeness (QED) is 0.706. The number of benzene rings is 1. The summed E-state index contributed by atoms with van der Waals surface area (Å²) in [7, 11) is 4.18. The van der Waals surface area contributed by atoms with Gasteiger partial charge in [0.15, 0.2) is 5.75 Å². The Morgan fingerprint density at radius 3 is 2.63 bits per heavy atom. The minimum absolute atomic E-state index is 0.297. The first kappa shape index (κ1) is 20.4. The van der Waals surface area contributed by atoms with Gasteiger partial charge in [-0.2, -0.15) is 0 Å². The fraction of sp³-hybridized carbons (Fsp3) is 0.727. The summed E-state index contributed by atoms with van der Waals surface area (Å²) in [6.07, 6.45) is 6.10. The van der Waals surface area contributed by atoms with Gasteiger partial charge < -0.3 is 19.4 Å². The number of piperidine rings is 1. The number of hydrogen-bond acceptors (Lipinski definition) is 5. The Balaban J connectivity index is 1.65. The highest BCUT2D eigenvalue weighted by Gasteiger charge is 2.30. The standard InChI is InChI=1S/C22H37N3O2/c1-5-15-26-21-10-8-18-20(23-27-22(18)19(21)16-24(3)4)9-7-17-11-13-25(6-2)14-12-17/h8,10,17,20,23H,5-7,9,11-16H2,1-4H3. The Bertz CT molecular complexity index is 597. The van der Waals surface area contributed by atoms with Gasteiger partial charge in [0, 0.05) is 12.1 Å². The normalized spacial score (nSPS) is 20.7. The summed E-state index contributed by atoms with van der Waals surface area (Å²) in [5.74, 6) is 2.80. The molecule has 0 bridgehead atoms. The summed E-state index contributed by atoms with van der Waals surface area (Å²) in [6.45, 7) is 9.68. The van der Waals surface area contributed by atoms with Gasteiger partial charge in [-0.1, -0.05) is 13.8 Å². The molecule has 0 saturated carbocycles. The predicted molar refractivity (Wildman–Crippen MR) is 110 cm³/mol. The molecule has 3 rings (SSSR count). The minimum Gasteiger partial charge on any atom is -0.493 e. The van der Waals surface area contributed by atoms with Gasteiger partial charge in [0.2, 0.25) is 0 Å². The lowest BCUT2D eigenvalue weighted by Gasteiger charge is -2.31. The molecule has 1 saturated heterocycles. The summed E-state index contributed by atoms with van der Waals surface area (Å²) >= 11 is 0. The van der Waals surface area contributed by atoms with Crippen LogP contribution >= 0.6 is 0 Å². The predicted octanol–water partition coefficient (Wildman–Crippen LogP) is 3.99. The van der Waals surface area contributed by atoms with Gasteiger partial charge in [-0.3, -0.25) is 0 Å². The molecule has 1 unspecified atom stereocenters. The molecular formula is C22H37N3O2. The van der Waals surface area contributed by atoms with Crippen LogP contribution in [0.3, 0.4) is 0 Å². The van der Waals surface area contributed by atoms with Crippen molar-refractivity contribution >= 4 is 0 Å². The van der Waals surface area contributed by atoms with Crippen molar-refractivity contribution in [3.8, 4) is 11.5 Å². The molecule has 5 nitrogen and oxygen atoms in total. The van der Waals surface area contributed by atoms with Crippen LogP contribution in [-0.2, 0) is 6.54 Å². The molecule has 2 heterocycles. The lowest BCUT2D eigenvalue weighted by Crippen LogP contribution is -2.33. The van der Waals surface area contributed by atoms with Gasteiger partial charge in [0.25, 0.3) is 0 Å². The molecule has 1 aromatic carbocycles. The molecular weight excluding hydrogens is 338 g/mol. The molecule has 0 aliphatic carbocycles.